The number of anilines is 1. The van der Waals surface area contributed by atoms with E-state index in [2.05, 4.69) is 20.3 Å². The molecule has 8 nitrogen and oxygen atoms in total. The van der Waals surface area contributed by atoms with Gasteiger partial charge in [0.15, 0.2) is 5.82 Å². The van der Waals surface area contributed by atoms with Gasteiger partial charge in [-0.3, -0.25) is 14.5 Å². The van der Waals surface area contributed by atoms with Gasteiger partial charge in [-0.25, -0.2) is 23.1 Å². The minimum atomic E-state index is -2.94. The second-order valence-electron chi connectivity index (χ2n) is 9.48. The first-order valence-electron chi connectivity index (χ1n) is 12.2. The van der Waals surface area contributed by atoms with E-state index in [0.29, 0.717) is 26.2 Å². The molecule has 5 rings (SSSR count). The molecule has 37 heavy (non-hydrogen) atoms. The lowest BCUT2D eigenvalue weighted by Crippen LogP contribution is -2.46. The van der Waals surface area contributed by atoms with E-state index in [1.165, 1.54) is 19.1 Å². The topological polar surface area (TPSA) is 94.2 Å². The number of aromatic nitrogens is 3. The van der Waals surface area contributed by atoms with Crippen LogP contribution in [0.15, 0.2) is 23.0 Å². The zero-order chi connectivity index (χ0) is 26.3. The number of hydrogen-bond donors (Lipinski definition) is 2. The van der Waals surface area contributed by atoms with Crippen LogP contribution in [-0.2, 0) is 6.54 Å². The second-order valence-corrected chi connectivity index (χ2v) is 9.48. The number of pyridine rings is 1. The Morgan fingerprint density at radius 1 is 1.16 bits per heavy atom. The Morgan fingerprint density at radius 3 is 2.51 bits per heavy atom. The third kappa shape index (κ3) is 5.02. The Balaban J connectivity index is 1.29. The van der Waals surface area contributed by atoms with Crippen molar-refractivity contribution in [2.24, 2.45) is 0 Å². The molecule has 1 saturated carbocycles. The van der Waals surface area contributed by atoms with E-state index in [4.69, 9.17) is 0 Å². The van der Waals surface area contributed by atoms with Gasteiger partial charge in [-0.2, -0.15) is 4.39 Å². The summed E-state index contributed by atoms with van der Waals surface area (Å²) in [6.07, 6.45) is -0.0570. The molecule has 0 radical (unpaired) electrons. The Bertz CT molecular complexity index is 1400. The van der Waals surface area contributed by atoms with Gasteiger partial charge in [-0.05, 0) is 49.9 Å². The molecule has 1 aliphatic carbocycles. The summed E-state index contributed by atoms with van der Waals surface area (Å²) < 4.78 is 57.5. The molecule has 3 aromatic rings. The molecule has 1 amide bonds. The highest BCUT2D eigenvalue weighted by Gasteiger charge is 2.27. The molecule has 1 aromatic carbocycles. The highest BCUT2D eigenvalue weighted by molar-refractivity contribution is 5.92. The number of alkyl halides is 2. The molecule has 2 aromatic heterocycles. The molecule has 2 N–H and O–H groups in total. The summed E-state index contributed by atoms with van der Waals surface area (Å²) in [7, 11) is 0. The SMILES string of the molecule is Cc1nc2c(F)cc(CN3CCN(c4ccc(C(=O)NC5CCC5)nc4F)CC3)c(C(F)F)c2[nH]c1=O. The van der Waals surface area contributed by atoms with Crippen molar-refractivity contribution in [3.05, 3.63) is 62.8 Å². The lowest BCUT2D eigenvalue weighted by atomic mass is 9.93. The van der Waals surface area contributed by atoms with Gasteiger partial charge in [-0.15, -0.1) is 0 Å². The van der Waals surface area contributed by atoms with E-state index in [9.17, 15) is 27.2 Å². The van der Waals surface area contributed by atoms with Gasteiger partial charge >= 0.3 is 0 Å². The predicted octanol–water partition coefficient (Wildman–Crippen LogP) is 3.45. The van der Waals surface area contributed by atoms with Crippen LogP contribution in [0.25, 0.3) is 11.0 Å². The van der Waals surface area contributed by atoms with Crippen LogP contribution in [0.3, 0.4) is 0 Å². The van der Waals surface area contributed by atoms with Crippen LogP contribution in [0.1, 0.15) is 53.0 Å². The number of aromatic amines is 1. The fraction of sp³-hybridized carbons (Fsp3) is 0.440. The molecule has 1 aliphatic heterocycles. The molecular formula is C25H26F4N6O2. The van der Waals surface area contributed by atoms with Gasteiger partial charge in [0.1, 0.15) is 16.9 Å². The second kappa shape index (κ2) is 10.1. The first-order valence-corrected chi connectivity index (χ1v) is 12.2. The number of nitrogens with one attached hydrogen (secondary N) is 2. The van der Waals surface area contributed by atoms with Crippen molar-refractivity contribution in [2.75, 3.05) is 31.1 Å². The predicted molar refractivity (Wildman–Crippen MR) is 129 cm³/mol. The van der Waals surface area contributed by atoms with Crippen LogP contribution in [-0.4, -0.2) is 58.0 Å². The standard InChI is InChI=1S/C25H26F4N6O2/c1-13-24(36)33-21-19(22(27)28)14(11-16(26)20(21)30-13)12-34-7-9-35(10-8-34)18-6-5-17(32-23(18)29)25(37)31-15-3-2-4-15/h5-6,11,15,22H,2-4,7-10,12H2,1H3,(H,31,37)(H,33,36). The van der Waals surface area contributed by atoms with Crippen molar-refractivity contribution in [2.45, 2.75) is 45.2 Å². The maximum Gasteiger partial charge on any atom is 0.270 e. The largest absolute Gasteiger partial charge is 0.365 e. The van der Waals surface area contributed by atoms with E-state index >= 15 is 0 Å². The van der Waals surface area contributed by atoms with Gasteiger partial charge in [0, 0.05) is 44.3 Å². The summed E-state index contributed by atoms with van der Waals surface area (Å²) in [6.45, 7) is 2.96. The van der Waals surface area contributed by atoms with Crippen molar-refractivity contribution in [3.8, 4) is 0 Å². The van der Waals surface area contributed by atoms with Crippen molar-refractivity contribution in [1.29, 1.82) is 0 Å². The quantitative estimate of drug-likeness (QED) is 0.384. The molecule has 0 unspecified atom stereocenters. The Kier molecular flexibility index (Phi) is 6.84. The van der Waals surface area contributed by atoms with Crippen molar-refractivity contribution >= 4 is 22.6 Å². The van der Waals surface area contributed by atoms with Gasteiger partial charge in [0.2, 0.25) is 5.95 Å². The van der Waals surface area contributed by atoms with Gasteiger partial charge in [0.25, 0.3) is 17.9 Å². The number of carbonyl (C=O) groups excluding carboxylic acids is 1. The number of benzene rings is 1. The Hall–Kier alpha value is -3.54. The lowest BCUT2D eigenvalue weighted by Gasteiger charge is -2.36. The molecule has 196 valence electrons. The summed E-state index contributed by atoms with van der Waals surface area (Å²) in [6, 6.07) is 4.17. The number of piperazine rings is 1. The first kappa shape index (κ1) is 25.1. The third-order valence-electron chi connectivity index (χ3n) is 7.05. The number of H-pyrrole nitrogens is 1. The van der Waals surface area contributed by atoms with E-state index < -0.39 is 35.2 Å². The van der Waals surface area contributed by atoms with Crippen LogP contribution < -0.4 is 15.8 Å². The molecule has 2 aliphatic rings. The number of hydrogen-bond acceptors (Lipinski definition) is 6. The highest BCUT2D eigenvalue weighted by atomic mass is 19.3. The van der Waals surface area contributed by atoms with Crippen LogP contribution in [0.2, 0.25) is 0 Å². The number of rotatable bonds is 6. The number of fused-ring (bicyclic) bond motifs is 1. The van der Waals surface area contributed by atoms with E-state index in [1.54, 1.807) is 4.90 Å². The summed E-state index contributed by atoms with van der Waals surface area (Å²) >= 11 is 0. The monoisotopic (exact) mass is 518 g/mol. The molecule has 0 atom stereocenters. The smallest absolute Gasteiger partial charge is 0.270 e. The maximum atomic E-state index is 14.8. The minimum absolute atomic E-state index is 0.00997. The fourth-order valence-corrected chi connectivity index (χ4v) is 4.73. The van der Waals surface area contributed by atoms with Crippen molar-refractivity contribution in [1.82, 2.24) is 25.2 Å². The molecule has 0 spiro atoms. The molecule has 2 fully saturated rings. The number of nitrogens with zero attached hydrogens (tertiary/aromatic N) is 4. The van der Waals surface area contributed by atoms with Crippen LogP contribution in [0, 0.1) is 18.7 Å². The molecule has 0 bridgehead atoms. The summed E-state index contributed by atoms with van der Waals surface area (Å²) in [4.78, 5) is 37.9. The number of amides is 1. The Labute approximate surface area is 209 Å². The van der Waals surface area contributed by atoms with Gasteiger partial charge in [-0.1, -0.05) is 0 Å². The lowest BCUT2D eigenvalue weighted by molar-refractivity contribution is 0.0910. The highest BCUT2D eigenvalue weighted by Crippen LogP contribution is 2.32. The van der Waals surface area contributed by atoms with Gasteiger partial charge < -0.3 is 15.2 Å². The van der Waals surface area contributed by atoms with Crippen molar-refractivity contribution in [3.63, 3.8) is 0 Å². The maximum absolute atomic E-state index is 14.8. The van der Waals surface area contributed by atoms with E-state index in [0.717, 1.165) is 25.3 Å². The van der Waals surface area contributed by atoms with Crippen molar-refractivity contribution < 1.29 is 22.4 Å². The number of carbonyl (C=O) groups is 1. The minimum Gasteiger partial charge on any atom is -0.365 e. The molecule has 1 saturated heterocycles. The third-order valence-corrected chi connectivity index (χ3v) is 7.05. The van der Waals surface area contributed by atoms with E-state index in [1.807, 2.05) is 4.90 Å². The first-order chi connectivity index (χ1) is 17.7. The van der Waals surface area contributed by atoms with Crippen LogP contribution in [0.5, 0.6) is 0 Å². The zero-order valence-electron chi connectivity index (χ0n) is 20.2. The van der Waals surface area contributed by atoms with Gasteiger partial charge in [0.05, 0.1) is 11.2 Å². The average molecular weight is 519 g/mol. The number of aryl methyl sites for hydroxylation is 1. The molecule has 3 heterocycles. The zero-order valence-corrected chi connectivity index (χ0v) is 20.2. The summed E-state index contributed by atoms with van der Waals surface area (Å²) in [5.74, 6) is -1.94. The number of halogens is 4. The molecular weight excluding hydrogens is 492 g/mol. The Morgan fingerprint density at radius 2 is 1.89 bits per heavy atom. The summed E-state index contributed by atoms with van der Waals surface area (Å²) in [5, 5.41) is 2.83. The average Bonchev–Trinajstić information content (AvgIpc) is 2.83. The van der Waals surface area contributed by atoms with E-state index in [-0.39, 0.29) is 46.3 Å². The normalized spacial score (nSPS) is 16.9. The summed E-state index contributed by atoms with van der Waals surface area (Å²) in [5.41, 5.74) is -1.37. The van der Waals surface area contributed by atoms with Crippen LogP contribution in [0.4, 0.5) is 23.2 Å². The van der Waals surface area contributed by atoms with Crippen LogP contribution >= 0.6 is 0 Å². The molecule has 12 heteroatoms. The fourth-order valence-electron chi connectivity index (χ4n) is 4.73.